The Morgan fingerprint density at radius 2 is 1.96 bits per heavy atom. The Morgan fingerprint density at radius 3 is 2.52 bits per heavy atom. The number of amides is 1. The lowest BCUT2D eigenvalue weighted by Crippen LogP contribution is -2.28. The van der Waals surface area contributed by atoms with Crippen LogP contribution in [0.25, 0.3) is 0 Å². The number of halogens is 4. The molecule has 0 aliphatic rings. The first-order valence-corrected chi connectivity index (χ1v) is 7.87. The van der Waals surface area contributed by atoms with Crippen molar-refractivity contribution in [3.8, 4) is 11.5 Å². The summed E-state index contributed by atoms with van der Waals surface area (Å²) in [5.74, 6) is -0.404. The molecule has 0 radical (unpaired) electrons. The maximum Gasteiger partial charge on any atom is 0.416 e. The number of carbonyl (C=O) groups is 1. The molecule has 2 aromatic carbocycles. The van der Waals surface area contributed by atoms with Crippen molar-refractivity contribution < 1.29 is 27.6 Å². The highest BCUT2D eigenvalue weighted by Gasteiger charge is 2.31. The highest BCUT2D eigenvalue weighted by Crippen LogP contribution is 2.37. The number of nitrogens with one attached hydrogen (secondary N) is 2. The van der Waals surface area contributed by atoms with Gasteiger partial charge in [-0.15, -0.1) is 0 Å². The minimum Gasteiger partial charge on any atom is -0.456 e. The van der Waals surface area contributed by atoms with Gasteiger partial charge in [-0.2, -0.15) is 13.2 Å². The van der Waals surface area contributed by atoms with Crippen molar-refractivity contribution in [2.45, 2.75) is 19.5 Å². The van der Waals surface area contributed by atoms with Gasteiger partial charge in [0.15, 0.2) is 0 Å². The summed E-state index contributed by atoms with van der Waals surface area (Å²) in [6, 6.07) is 6.13. The summed E-state index contributed by atoms with van der Waals surface area (Å²) in [7, 11) is 0. The van der Waals surface area contributed by atoms with E-state index in [0.29, 0.717) is 6.07 Å². The number of nitrogens with zero attached hydrogens (tertiary/aromatic N) is 1. The normalized spacial score (nSPS) is 11.0. The van der Waals surface area contributed by atoms with E-state index in [4.69, 9.17) is 16.3 Å². The Labute approximate surface area is 156 Å². The van der Waals surface area contributed by atoms with E-state index in [-0.39, 0.29) is 34.3 Å². The summed E-state index contributed by atoms with van der Waals surface area (Å²) < 4.78 is 43.4. The van der Waals surface area contributed by atoms with Crippen LogP contribution >= 0.6 is 11.6 Å². The zero-order chi connectivity index (χ0) is 20.2. The predicted octanol–water partition coefficient (Wildman–Crippen LogP) is 4.91. The number of hydrogen-bond donors (Lipinski definition) is 2. The molecule has 2 rings (SSSR count). The van der Waals surface area contributed by atoms with Crippen LogP contribution in [-0.4, -0.2) is 10.8 Å². The molecule has 27 heavy (non-hydrogen) atoms. The molecule has 0 saturated heterocycles. The SMILES string of the molecule is CCC(=O)NNc1cc(Oc2ccc(C(F)(F)F)cc2Cl)ccc1[N+](=O)[O-]. The Kier molecular flexibility index (Phi) is 6.11. The molecule has 0 atom stereocenters. The molecule has 2 aromatic rings. The Morgan fingerprint density at radius 1 is 1.26 bits per heavy atom. The predicted molar refractivity (Wildman–Crippen MR) is 91.7 cm³/mol. The van der Waals surface area contributed by atoms with E-state index in [1.54, 1.807) is 6.92 Å². The molecule has 0 spiro atoms. The molecule has 0 bridgehead atoms. The van der Waals surface area contributed by atoms with Crippen molar-refractivity contribution in [3.05, 3.63) is 57.1 Å². The maximum absolute atomic E-state index is 12.7. The van der Waals surface area contributed by atoms with Crippen LogP contribution in [0.1, 0.15) is 18.9 Å². The minimum atomic E-state index is -4.55. The molecule has 0 aliphatic carbocycles. The highest BCUT2D eigenvalue weighted by atomic mass is 35.5. The van der Waals surface area contributed by atoms with Crippen molar-refractivity contribution in [2.75, 3.05) is 5.43 Å². The van der Waals surface area contributed by atoms with Crippen LogP contribution in [0.15, 0.2) is 36.4 Å². The zero-order valence-corrected chi connectivity index (χ0v) is 14.5. The van der Waals surface area contributed by atoms with E-state index in [2.05, 4.69) is 10.9 Å². The van der Waals surface area contributed by atoms with Crippen molar-refractivity contribution in [2.24, 2.45) is 0 Å². The van der Waals surface area contributed by atoms with E-state index < -0.39 is 22.6 Å². The van der Waals surface area contributed by atoms with Crippen molar-refractivity contribution in [1.29, 1.82) is 0 Å². The summed E-state index contributed by atoms with van der Waals surface area (Å²) in [5.41, 5.74) is 3.34. The van der Waals surface area contributed by atoms with Crippen LogP contribution in [0.4, 0.5) is 24.5 Å². The molecule has 0 saturated carbocycles. The zero-order valence-electron chi connectivity index (χ0n) is 13.8. The molecule has 0 heterocycles. The van der Waals surface area contributed by atoms with Crippen molar-refractivity contribution in [1.82, 2.24) is 5.43 Å². The van der Waals surface area contributed by atoms with Gasteiger partial charge in [0, 0.05) is 18.6 Å². The first-order chi connectivity index (χ1) is 12.6. The van der Waals surface area contributed by atoms with Gasteiger partial charge in [0.05, 0.1) is 15.5 Å². The number of carbonyl (C=O) groups excluding carboxylic acids is 1. The van der Waals surface area contributed by atoms with E-state index in [1.165, 1.54) is 12.1 Å². The fourth-order valence-electron chi connectivity index (χ4n) is 1.95. The number of nitro groups is 1. The molecule has 2 N–H and O–H groups in total. The number of rotatable bonds is 6. The van der Waals surface area contributed by atoms with E-state index >= 15 is 0 Å². The van der Waals surface area contributed by atoms with Gasteiger partial charge in [-0.05, 0) is 24.3 Å². The first-order valence-electron chi connectivity index (χ1n) is 7.49. The Hall–Kier alpha value is -3.01. The fraction of sp³-hybridized carbons (Fsp3) is 0.188. The second kappa shape index (κ2) is 8.12. The van der Waals surface area contributed by atoms with Gasteiger partial charge in [0.1, 0.15) is 17.2 Å². The van der Waals surface area contributed by atoms with Crippen LogP contribution in [0.5, 0.6) is 11.5 Å². The number of anilines is 1. The summed E-state index contributed by atoms with van der Waals surface area (Å²) in [4.78, 5) is 21.7. The summed E-state index contributed by atoms with van der Waals surface area (Å²) in [6.45, 7) is 1.59. The third kappa shape index (κ3) is 5.23. The monoisotopic (exact) mass is 403 g/mol. The average molecular weight is 404 g/mol. The molecular weight excluding hydrogens is 391 g/mol. The molecule has 0 aromatic heterocycles. The first kappa shape index (κ1) is 20.3. The van der Waals surface area contributed by atoms with Gasteiger partial charge in [-0.25, -0.2) is 0 Å². The molecule has 144 valence electrons. The molecule has 0 aliphatic heterocycles. The lowest BCUT2D eigenvalue weighted by molar-refractivity contribution is -0.384. The molecule has 0 unspecified atom stereocenters. The topological polar surface area (TPSA) is 93.5 Å². The Bertz CT molecular complexity index is 874. The van der Waals surface area contributed by atoms with Crippen LogP contribution in [0.2, 0.25) is 5.02 Å². The van der Waals surface area contributed by atoms with Gasteiger partial charge < -0.3 is 4.74 Å². The lowest BCUT2D eigenvalue weighted by Gasteiger charge is -2.13. The average Bonchev–Trinajstić information content (AvgIpc) is 2.60. The van der Waals surface area contributed by atoms with Gasteiger partial charge in [0.2, 0.25) is 5.91 Å². The van der Waals surface area contributed by atoms with Gasteiger partial charge in [-0.1, -0.05) is 18.5 Å². The van der Waals surface area contributed by atoms with Gasteiger partial charge in [-0.3, -0.25) is 25.8 Å². The number of alkyl halides is 3. The lowest BCUT2D eigenvalue weighted by atomic mass is 10.2. The maximum atomic E-state index is 12.7. The van der Waals surface area contributed by atoms with Crippen LogP contribution in [0, 0.1) is 10.1 Å². The smallest absolute Gasteiger partial charge is 0.416 e. The van der Waals surface area contributed by atoms with E-state index in [1.807, 2.05) is 0 Å². The minimum absolute atomic E-state index is 0.0653. The third-order valence-electron chi connectivity index (χ3n) is 3.31. The summed E-state index contributed by atoms with van der Waals surface area (Å²) >= 11 is 5.82. The van der Waals surface area contributed by atoms with Crippen molar-refractivity contribution >= 4 is 28.9 Å². The Balaban J connectivity index is 2.28. The second-order valence-corrected chi connectivity index (χ2v) is 5.62. The summed E-state index contributed by atoms with van der Waals surface area (Å²) in [6.07, 6.45) is -4.40. The molecular formula is C16H13ClF3N3O4. The molecule has 7 nitrogen and oxygen atoms in total. The van der Waals surface area contributed by atoms with Crippen molar-refractivity contribution in [3.63, 3.8) is 0 Å². The number of nitro benzene ring substituents is 1. The largest absolute Gasteiger partial charge is 0.456 e. The van der Waals surface area contributed by atoms with Gasteiger partial charge in [0.25, 0.3) is 5.69 Å². The molecule has 1 amide bonds. The van der Waals surface area contributed by atoms with Gasteiger partial charge >= 0.3 is 6.18 Å². The summed E-state index contributed by atoms with van der Waals surface area (Å²) in [5, 5.41) is 10.8. The molecule has 11 heteroatoms. The molecule has 0 fully saturated rings. The second-order valence-electron chi connectivity index (χ2n) is 5.21. The van der Waals surface area contributed by atoms with Crippen LogP contribution < -0.4 is 15.6 Å². The standard InChI is InChI=1S/C16H13ClF3N3O4/c1-2-15(24)22-21-12-8-10(4-5-13(12)23(25)26)27-14-6-3-9(7-11(14)17)16(18,19)20/h3-8,21H,2H2,1H3,(H,22,24). The van der Waals surface area contributed by atoms with E-state index in [9.17, 15) is 28.1 Å². The quantitative estimate of drug-likeness (QED) is 0.528. The fourth-order valence-corrected chi connectivity index (χ4v) is 2.17. The number of hydrogen-bond acceptors (Lipinski definition) is 5. The van der Waals surface area contributed by atoms with E-state index in [0.717, 1.165) is 18.2 Å². The third-order valence-corrected chi connectivity index (χ3v) is 3.60. The van der Waals surface area contributed by atoms with Crippen LogP contribution in [0.3, 0.4) is 0 Å². The number of hydrazine groups is 1. The number of ether oxygens (including phenoxy) is 1. The number of benzene rings is 2. The van der Waals surface area contributed by atoms with Crippen LogP contribution in [-0.2, 0) is 11.0 Å². The highest BCUT2D eigenvalue weighted by molar-refractivity contribution is 6.32.